The van der Waals surface area contributed by atoms with E-state index in [9.17, 15) is 14.4 Å². The number of aryl methyl sites for hydroxylation is 2. The SMILES string of the molecule is CCOC(=O)c1nn(-c2ccc(C)c(C)c2)c(=O)c2c(NC(=O)CCC3CCCCC3)scc12. The highest BCUT2D eigenvalue weighted by atomic mass is 32.1. The second-order valence-corrected chi connectivity index (χ2v) is 9.88. The molecule has 1 N–H and O–H groups in total. The molecule has 3 aromatic rings. The van der Waals surface area contributed by atoms with Gasteiger partial charge in [0.25, 0.3) is 5.56 Å². The summed E-state index contributed by atoms with van der Waals surface area (Å²) in [4.78, 5) is 39.0. The van der Waals surface area contributed by atoms with Crippen LogP contribution in [0.1, 0.15) is 73.5 Å². The zero-order chi connectivity index (χ0) is 24.2. The maximum atomic E-state index is 13.5. The number of anilines is 1. The smallest absolute Gasteiger partial charge is 0.359 e. The lowest BCUT2D eigenvalue weighted by atomic mass is 9.86. The number of benzene rings is 1. The first-order valence-electron chi connectivity index (χ1n) is 12.0. The van der Waals surface area contributed by atoms with Crippen molar-refractivity contribution in [3.63, 3.8) is 0 Å². The van der Waals surface area contributed by atoms with Crippen LogP contribution in [0.15, 0.2) is 28.4 Å². The number of amides is 1. The molecule has 1 aliphatic rings. The van der Waals surface area contributed by atoms with E-state index in [2.05, 4.69) is 10.4 Å². The lowest BCUT2D eigenvalue weighted by molar-refractivity contribution is -0.116. The minimum Gasteiger partial charge on any atom is -0.461 e. The van der Waals surface area contributed by atoms with Gasteiger partial charge in [-0.1, -0.05) is 38.2 Å². The molecule has 0 bridgehead atoms. The number of esters is 1. The molecule has 34 heavy (non-hydrogen) atoms. The molecule has 0 spiro atoms. The zero-order valence-corrected chi connectivity index (χ0v) is 20.8. The number of thiophene rings is 1. The third-order valence-electron chi connectivity index (χ3n) is 6.61. The number of hydrogen-bond donors (Lipinski definition) is 1. The van der Waals surface area contributed by atoms with Crippen LogP contribution >= 0.6 is 11.3 Å². The number of nitrogens with one attached hydrogen (secondary N) is 1. The summed E-state index contributed by atoms with van der Waals surface area (Å²) in [6, 6.07) is 5.57. The monoisotopic (exact) mass is 481 g/mol. The molecule has 8 heteroatoms. The van der Waals surface area contributed by atoms with Gasteiger partial charge < -0.3 is 10.1 Å². The first-order chi connectivity index (χ1) is 16.4. The van der Waals surface area contributed by atoms with Gasteiger partial charge in [-0.25, -0.2) is 4.79 Å². The van der Waals surface area contributed by atoms with Crippen molar-refractivity contribution in [2.75, 3.05) is 11.9 Å². The van der Waals surface area contributed by atoms with Gasteiger partial charge in [0.1, 0.15) is 5.00 Å². The molecular formula is C26H31N3O4S. The van der Waals surface area contributed by atoms with Crippen LogP contribution in [0, 0.1) is 19.8 Å². The van der Waals surface area contributed by atoms with Gasteiger partial charge >= 0.3 is 5.97 Å². The van der Waals surface area contributed by atoms with Gasteiger partial charge in [0.2, 0.25) is 5.91 Å². The number of carbonyl (C=O) groups excluding carboxylic acids is 2. The predicted octanol–water partition coefficient (Wildman–Crippen LogP) is 5.54. The Bertz CT molecular complexity index is 1270. The Labute approximate surface area is 203 Å². The van der Waals surface area contributed by atoms with Gasteiger partial charge in [-0.2, -0.15) is 9.78 Å². The Hall–Kier alpha value is -3.00. The lowest BCUT2D eigenvalue weighted by Crippen LogP contribution is -2.25. The van der Waals surface area contributed by atoms with Crippen LogP contribution in [-0.4, -0.2) is 28.3 Å². The van der Waals surface area contributed by atoms with Crippen LogP contribution in [0.25, 0.3) is 16.5 Å². The predicted molar refractivity (Wildman–Crippen MR) is 135 cm³/mol. The Balaban J connectivity index is 1.71. The molecule has 7 nitrogen and oxygen atoms in total. The summed E-state index contributed by atoms with van der Waals surface area (Å²) in [5.41, 5.74) is 2.33. The quantitative estimate of drug-likeness (QED) is 0.448. The highest BCUT2D eigenvalue weighted by molar-refractivity contribution is 7.16. The standard InChI is InChI=1S/C26H31N3O4S/c1-4-33-26(32)23-20-15-34-24(27-21(30)13-11-18-8-6-5-7-9-18)22(20)25(31)29(28-23)19-12-10-16(2)17(3)14-19/h10,12,14-15,18H,4-9,11,13H2,1-3H3,(H,27,30). The van der Waals surface area contributed by atoms with Crippen molar-refractivity contribution in [2.24, 2.45) is 5.92 Å². The fourth-order valence-electron chi connectivity index (χ4n) is 4.52. The van der Waals surface area contributed by atoms with Crippen molar-refractivity contribution in [1.29, 1.82) is 0 Å². The molecule has 0 aliphatic heterocycles. The molecule has 1 amide bonds. The van der Waals surface area contributed by atoms with Crippen LogP contribution in [-0.2, 0) is 9.53 Å². The molecule has 1 fully saturated rings. The van der Waals surface area contributed by atoms with E-state index in [-0.39, 0.29) is 29.2 Å². The van der Waals surface area contributed by atoms with Crippen molar-refractivity contribution in [1.82, 2.24) is 9.78 Å². The van der Waals surface area contributed by atoms with E-state index in [0.29, 0.717) is 28.4 Å². The van der Waals surface area contributed by atoms with E-state index < -0.39 is 5.97 Å². The molecule has 4 rings (SSSR count). The molecule has 1 saturated carbocycles. The van der Waals surface area contributed by atoms with Gasteiger partial charge in [0.15, 0.2) is 5.69 Å². The molecule has 0 atom stereocenters. The van der Waals surface area contributed by atoms with E-state index in [1.54, 1.807) is 18.4 Å². The Morgan fingerprint density at radius 3 is 2.65 bits per heavy atom. The molecule has 0 unspecified atom stereocenters. The van der Waals surface area contributed by atoms with Crippen LogP contribution in [0.3, 0.4) is 0 Å². The van der Waals surface area contributed by atoms with Gasteiger partial charge in [-0.05, 0) is 56.4 Å². The zero-order valence-electron chi connectivity index (χ0n) is 20.0. The topological polar surface area (TPSA) is 90.3 Å². The van der Waals surface area contributed by atoms with Gasteiger partial charge in [-0.3, -0.25) is 9.59 Å². The molecule has 1 aromatic carbocycles. The van der Waals surface area contributed by atoms with Crippen molar-refractivity contribution in [3.05, 3.63) is 50.8 Å². The molecule has 180 valence electrons. The average Bonchev–Trinajstić information content (AvgIpc) is 3.24. The highest BCUT2D eigenvalue weighted by Gasteiger charge is 2.23. The minimum atomic E-state index is -0.599. The Morgan fingerprint density at radius 1 is 1.18 bits per heavy atom. The molecule has 1 aliphatic carbocycles. The van der Waals surface area contributed by atoms with E-state index in [1.807, 2.05) is 26.0 Å². The Kier molecular flexibility index (Phi) is 7.46. The van der Waals surface area contributed by atoms with E-state index >= 15 is 0 Å². The Morgan fingerprint density at radius 2 is 1.94 bits per heavy atom. The molecule has 2 heterocycles. The second kappa shape index (κ2) is 10.5. The maximum absolute atomic E-state index is 13.5. The summed E-state index contributed by atoms with van der Waals surface area (Å²) >= 11 is 1.23. The first-order valence-corrected chi connectivity index (χ1v) is 12.9. The number of aromatic nitrogens is 2. The molecular weight excluding hydrogens is 450 g/mol. The maximum Gasteiger partial charge on any atom is 0.359 e. The second-order valence-electron chi connectivity index (χ2n) is 9.00. The summed E-state index contributed by atoms with van der Waals surface area (Å²) in [5.74, 6) is -0.111. The van der Waals surface area contributed by atoms with Gasteiger partial charge in [0.05, 0.1) is 17.7 Å². The first kappa shape index (κ1) is 24.1. The summed E-state index contributed by atoms with van der Waals surface area (Å²) in [5, 5.41) is 10.1. The van der Waals surface area contributed by atoms with Crippen LogP contribution in [0.4, 0.5) is 5.00 Å². The summed E-state index contributed by atoms with van der Waals surface area (Å²) in [6.07, 6.45) is 7.41. The number of hydrogen-bond acceptors (Lipinski definition) is 6. The number of nitrogens with zero attached hydrogens (tertiary/aromatic N) is 2. The van der Waals surface area contributed by atoms with Crippen molar-refractivity contribution < 1.29 is 14.3 Å². The summed E-state index contributed by atoms with van der Waals surface area (Å²) < 4.78 is 6.43. The van der Waals surface area contributed by atoms with Crippen LogP contribution < -0.4 is 10.9 Å². The fourth-order valence-corrected chi connectivity index (χ4v) is 5.48. The largest absolute Gasteiger partial charge is 0.461 e. The third kappa shape index (κ3) is 5.06. The highest BCUT2D eigenvalue weighted by Crippen LogP contribution is 2.32. The van der Waals surface area contributed by atoms with E-state index in [4.69, 9.17) is 4.74 Å². The van der Waals surface area contributed by atoms with Crippen molar-refractivity contribution in [3.8, 4) is 5.69 Å². The normalized spacial score (nSPS) is 14.3. The number of ether oxygens (including phenoxy) is 1. The number of rotatable bonds is 7. The lowest BCUT2D eigenvalue weighted by Gasteiger charge is -2.20. The van der Waals surface area contributed by atoms with E-state index in [0.717, 1.165) is 17.5 Å². The fraction of sp³-hybridized carbons (Fsp3) is 0.462. The average molecular weight is 482 g/mol. The van der Waals surface area contributed by atoms with Crippen LogP contribution in [0.5, 0.6) is 0 Å². The van der Waals surface area contributed by atoms with Gasteiger partial charge in [-0.15, -0.1) is 11.3 Å². The minimum absolute atomic E-state index is 0.0635. The van der Waals surface area contributed by atoms with E-state index in [1.165, 1.54) is 48.1 Å². The summed E-state index contributed by atoms with van der Waals surface area (Å²) in [7, 11) is 0. The third-order valence-corrected chi connectivity index (χ3v) is 7.51. The van der Waals surface area contributed by atoms with Gasteiger partial charge in [0, 0.05) is 17.2 Å². The number of fused-ring (bicyclic) bond motifs is 1. The molecule has 0 saturated heterocycles. The van der Waals surface area contributed by atoms with Crippen molar-refractivity contribution in [2.45, 2.75) is 65.7 Å². The van der Waals surface area contributed by atoms with Crippen molar-refractivity contribution >= 4 is 39.0 Å². The molecule has 0 radical (unpaired) electrons. The molecule has 2 aromatic heterocycles. The summed E-state index contributed by atoms with van der Waals surface area (Å²) in [6.45, 7) is 5.86. The number of carbonyl (C=O) groups is 2. The van der Waals surface area contributed by atoms with Crippen LogP contribution in [0.2, 0.25) is 0 Å².